The average Bonchev–Trinajstić information content (AvgIpc) is 2.51. The molecule has 2 fully saturated rings. The molecule has 0 radical (unpaired) electrons. The fourth-order valence-electron chi connectivity index (χ4n) is 2.57. The van der Waals surface area contributed by atoms with Gasteiger partial charge in [0.25, 0.3) is 0 Å². The first-order chi connectivity index (χ1) is 7.09. The zero-order chi connectivity index (χ0) is 10.9. The molecule has 0 saturated carbocycles. The molecule has 2 unspecified atom stereocenters. The Balaban J connectivity index is 1.92. The number of cyclic esters (lactones) is 1. The van der Waals surface area contributed by atoms with E-state index in [4.69, 9.17) is 4.74 Å². The first-order valence-corrected chi connectivity index (χ1v) is 5.76. The summed E-state index contributed by atoms with van der Waals surface area (Å²) in [5, 5.41) is 2.73. The molecule has 2 rings (SSSR count). The van der Waals surface area contributed by atoms with Crippen molar-refractivity contribution in [1.29, 1.82) is 0 Å². The summed E-state index contributed by atoms with van der Waals surface area (Å²) in [7, 11) is 2.16. The Hall–Kier alpha value is -0.770. The van der Waals surface area contributed by atoms with Crippen molar-refractivity contribution < 1.29 is 9.53 Å². The van der Waals surface area contributed by atoms with Crippen LogP contribution in [0.4, 0.5) is 4.79 Å². The van der Waals surface area contributed by atoms with Crippen LogP contribution in [0.2, 0.25) is 0 Å². The van der Waals surface area contributed by atoms with E-state index in [1.54, 1.807) is 0 Å². The lowest BCUT2D eigenvalue weighted by molar-refractivity contribution is 0.0315. The minimum Gasteiger partial charge on any atom is -0.441 e. The van der Waals surface area contributed by atoms with Crippen LogP contribution in [0.5, 0.6) is 0 Å². The number of hydrogen-bond acceptors (Lipinski definition) is 3. The van der Waals surface area contributed by atoms with Crippen molar-refractivity contribution in [3.05, 3.63) is 0 Å². The fourth-order valence-corrected chi connectivity index (χ4v) is 2.57. The van der Waals surface area contributed by atoms with Gasteiger partial charge < -0.3 is 15.0 Å². The van der Waals surface area contributed by atoms with Crippen molar-refractivity contribution in [2.45, 2.75) is 44.2 Å². The second kappa shape index (κ2) is 4.00. The fraction of sp³-hybridized carbons (Fsp3) is 0.909. The molecule has 1 amide bonds. The summed E-state index contributed by atoms with van der Waals surface area (Å²) >= 11 is 0. The Bertz CT molecular complexity index is 257. The van der Waals surface area contributed by atoms with E-state index in [-0.39, 0.29) is 11.7 Å². The average molecular weight is 212 g/mol. The molecule has 2 aliphatic rings. The standard InChI is InChI=1S/C11H20N2O2/c1-11(8-12-10(14)15-11)7-9-5-3-4-6-13(9)2/h9H,3-8H2,1-2H3,(H,12,14). The van der Waals surface area contributed by atoms with Gasteiger partial charge in [0, 0.05) is 12.5 Å². The molecule has 0 aromatic carbocycles. The van der Waals surface area contributed by atoms with Crippen LogP contribution >= 0.6 is 0 Å². The quantitative estimate of drug-likeness (QED) is 0.751. The Morgan fingerprint density at radius 1 is 1.60 bits per heavy atom. The number of ether oxygens (including phenoxy) is 1. The van der Waals surface area contributed by atoms with Gasteiger partial charge in [0.05, 0.1) is 6.54 Å². The van der Waals surface area contributed by atoms with Crippen molar-refractivity contribution in [3.63, 3.8) is 0 Å². The van der Waals surface area contributed by atoms with Gasteiger partial charge in [-0.3, -0.25) is 0 Å². The van der Waals surface area contributed by atoms with Crippen molar-refractivity contribution >= 4 is 6.09 Å². The predicted molar refractivity (Wildman–Crippen MR) is 57.8 cm³/mol. The van der Waals surface area contributed by atoms with E-state index in [0.29, 0.717) is 12.6 Å². The maximum atomic E-state index is 11.0. The molecule has 0 aromatic heterocycles. The molecular formula is C11H20N2O2. The molecule has 4 nitrogen and oxygen atoms in total. The number of nitrogens with one attached hydrogen (secondary N) is 1. The minimum absolute atomic E-state index is 0.268. The minimum atomic E-state index is -0.298. The molecule has 2 saturated heterocycles. The maximum Gasteiger partial charge on any atom is 0.407 e. The molecule has 0 aliphatic carbocycles. The Kier molecular flexibility index (Phi) is 2.87. The van der Waals surface area contributed by atoms with Gasteiger partial charge >= 0.3 is 6.09 Å². The summed E-state index contributed by atoms with van der Waals surface area (Å²) in [6.45, 7) is 3.84. The van der Waals surface area contributed by atoms with Gasteiger partial charge in [-0.05, 0) is 33.4 Å². The molecule has 86 valence electrons. The number of alkyl carbamates (subject to hydrolysis) is 1. The zero-order valence-corrected chi connectivity index (χ0v) is 9.58. The predicted octanol–water partition coefficient (Wildman–Crippen LogP) is 1.36. The van der Waals surface area contributed by atoms with Gasteiger partial charge in [0.2, 0.25) is 0 Å². The number of carbonyl (C=O) groups excluding carboxylic acids is 1. The monoisotopic (exact) mass is 212 g/mol. The lowest BCUT2D eigenvalue weighted by atomic mass is 9.91. The highest BCUT2D eigenvalue weighted by Crippen LogP contribution is 2.27. The third kappa shape index (κ3) is 2.43. The third-order valence-electron chi connectivity index (χ3n) is 3.53. The van der Waals surface area contributed by atoms with E-state index in [1.165, 1.54) is 25.8 Å². The van der Waals surface area contributed by atoms with Gasteiger partial charge in [-0.25, -0.2) is 4.79 Å². The summed E-state index contributed by atoms with van der Waals surface area (Å²) in [5.41, 5.74) is -0.298. The number of amides is 1. The lowest BCUT2D eigenvalue weighted by Gasteiger charge is -2.36. The number of carbonyl (C=O) groups is 1. The Morgan fingerprint density at radius 2 is 2.40 bits per heavy atom. The molecule has 15 heavy (non-hydrogen) atoms. The van der Waals surface area contributed by atoms with Crippen molar-refractivity contribution in [3.8, 4) is 0 Å². The van der Waals surface area contributed by atoms with Gasteiger partial charge in [0.15, 0.2) is 0 Å². The summed E-state index contributed by atoms with van der Waals surface area (Å²) in [4.78, 5) is 13.4. The van der Waals surface area contributed by atoms with Crippen LogP contribution in [0.15, 0.2) is 0 Å². The zero-order valence-electron chi connectivity index (χ0n) is 9.58. The number of piperidine rings is 1. The van der Waals surface area contributed by atoms with E-state index in [0.717, 1.165) is 6.42 Å². The molecule has 0 spiro atoms. The first kappa shape index (κ1) is 10.7. The highest BCUT2D eigenvalue weighted by atomic mass is 16.6. The number of nitrogens with zero attached hydrogens (tertiary/aromatic N) is 1. The molecule has 2 heterocycles. The van der Waals surface area contributed by atoms with E-state index in [2.05, 4.69) is 17.3 Å². The number of rotatable bonds is 2. The number of likely N-dealkylation sites (tertiary alicyclic amines) is 1. The summed E-state index contributed by atoms with van der Waals surface area (Å²) < 4.78 is 5.32. The van der Waals surface area contributed by atoms with Crippen LogP contribution in [-0.4, -0.2) is 42.8 Å². The Morgan fingerprint density at radius 3 is 3.00 bits per heavy atom. The van der Waals surface area contributed by atoms with Gasteiger partial charge in [-0.2, -0.15) is 0 Å². The maximum absolute atomic E-state index is 11.0. The van der Waals surface area contributed by atoms with Crippen molar-refractivity contribution in [2.24, 2.45) is 0 Å². The second-order valence-corrected chi connectivity index (χ2v) is 5.03. The molecule has 0 aromatic rings. The summed E-state index contributed by atoms with van der Waals surface area (Å²) in [6.07, 6.45) is 4.50. The smallest absolute Gasteiger partial charge is 0.407 e. The summed E-state index contributed by atoms with van der Waals surface area (Å²) in [5.74, 6) is 0. The van der Waals surface area contributed by atoms with E-state index >= 15 is 0 Å². The topological polar surface area (TPSA) is 41.6 Å². The van der Waals surface area contributed by atoms with Crippen LogP contribution in [0, 0.1) is 0 Å². The van der Waals surface area contributed by atoms with Crippen molar-refractivity contribution in [1.82, 2.24) is 10.2 Å². The van der Waals surface area contributed by atoms with Crippen LogP contribution in [0.1, 0.15) is 32.6 Å². The highest BCUT2D eigenvalue weighted by Gasteiger charge is 2.38. The molecule has 4 heteroatoms. The summed E-state index contributed by atoms with van der Waals surface area (Å²) in [6, 6.07) is 0.566. The SMILES string of the molecule is CN1CCCCC1CC1(C)CNC(=O)O1. The van der Waals surface area contributed by atoms with E-state index in [9.17, 15) is 4.79 Å². The second-order valence-electron chi connectivity index (χ2n) is 5.03. The van der Waals surface area contributed by atoms with Gasteiger partial charge in [-0.1, -0.05) is 6.42 Å². The largest absolute Gasteiger partial charge is 0.441 e. The van der Waals surface area contributed by atoms with Gasteiger partial charge in [0.1, 0.15) is 5.60 Å². The van der Waals surface area contributed by atoms with Crippen LogP contribution in [0.3, 0.4) is 0 Å². The molecular weight excluding hydrogens is 192 g/mol. The molecule has 2 aliphatic heterocycles. The van der Waals surface area contributed by atoms with E-state index in [1.807, 2.05) is 6.92 Å². The molecule has 1 N–H and O–H groups in total. The normalized spacial score (nSPS) is 37.5. The lowest BCUT2D eigenvalue weighted by Crippen LogP contribution is -2.43. The highest BCUT2D eigenvalue weighted by molar-refractivity contribution is 5.70. The Labute approximate surface area is 91.0 Å². The molecule has 2 atom stereocenters. The molecule has 0 bridgehead atoms. The van der Waals surface area contributed by atoms with Crippen LogP contribution < -0.4 is 5.32 Å². The number of hydrogen-bond donors (Lipinski definition) is 1. The van der Waals surface area contributed by atoms with E-state index < -0.39 is 0 Å². The first-order valence-electron chi connectivity index (χ1n) is 5.76. The van der Waals surface area contributed by atoms with Crippen LogP contribution in [-0.2, 0) is 4.74 Å². The van der Waals surface area contributed by atoms with Crippen molar-refractivity contribution in [2.75, 3.05) is 20.1 Å². The van der Waals surface area contributed by atoms with Gasteiger partial charge in [-0.15, -0.1) is 0 Å². The third-order valence-corrected chi connectivity index (χ3v) is 3.53. The van der Waals surface area contributed by atoms with Crippen LogP contribution in [0.25, 0.3) is 0 Å².